The van der Waals surface area contributed by atoms with E-state index in [1.165, 1.54) is 11.3 Å². The number of hydrogen-bond donors (Lipinski definition) is 1. The fraction of sp³-hybridized carbons (Fsp3) is 0.333. The maximum Gasteiger partial charge on any atom is 0.119 e. The van der Waals surface area contributed by atoms with Crippen LogP contribution in [0, 0.1) is 0 Å². The van der Waals surface area contributed by atoms with Gasteiger partial charge in [0.15, 0.2) is 0 Å². The first-order chi connectivity index (χ1) is 12.8. The van der Waals surface area contributed by atoms with E-state index in [2.05, 4.69) is 44.3 Å². The predicted octanol–water partition coefficient (Wildman–Crippen LogP) is 3.86. The Hall–Kier alpha value is -2.66. The fourth-order valence-corrected chi connectivity index (χ4v) is 3.73. The normalized spacial score (nSPS) is 15.9. The summed E-state index contributed by atoms with van der Waals surface area (Å²) in [6.07, 6.45) is 6.06. The lowest BCUT2D eigenvalue weighted by atomic mass is 9.89. The number of aromatic amines is 1. The van der Waals surface area contributed by atoms with Crippen molar-refractivity contribution in [3.63, 3.8) is 0 Å². The number of piperidine rings is 1. The number of benzene rings is 1. The summed E-state index contributed by atoms with van der Waals surface area (Å²) in [6.45, 7) is 3.09. The predicted molar refractivity (Wildman–Crippen MR) is 102 cm³/mol. The van der Waals surface area contributed by atoms with Crippen LogP contribution in [0.2, 0.25) is 0 Å². The molecular weight excluding hydrogens is 324 g/mol. The monoisotopic (exact) mass is 348 g/mol. The van der Waals surface area contributed by atoms with Gasteiger partial charge in [0.2, 0.25) is 0 Å². The molecule has 26 heavy (non-hydrogen) atoms. The lowest BCUT2D eigenvalue weighted by Gasteiger charge is -2.31. The van der Waals surface area contributed by atoms with Crippen LogP contribution in [-0.4, -0.2) is 40.3 Å². The molecule has 1 fully saturated rings. The molecule has 5 heteroatoms. The third-order valence-electron chi connectivity index (χ3n) is 5.16. The molecule has 0 spiro atoms. The highest BCUT2D eigenvalue weighted by molar-refractivity contribution is 5.67. The van der Waals surface area contributed by atoms with Gasteiger partial charge in [0.1, 0.15) is 5.75 Å². The molecule has 0 aliphatic carbocycles. The summed E-state index contributed by atoms with van der Waals surface area (Å²) in [4.78, 5) is 6.93. The lowest BCUT2D eigenvalue weighted by Crippen LogP contribution is -2.32. The smallest absolute Gasteiger partial charge is 0.119 e. The van der Waals surface area contributed by atoms with Gasteiger partial charge in [-0.1, -0.05) is 18.2 Å². The van der Waals surface area contributed by atoms with Crippen molar-refractivity contribution in [2.24, 2.45) is 0 Å². The van der Waals surface area contributed by atoms with E-state index >= 15 is 0 Å². The second kappa shape index (κ2) is 7.70. The molecule has 3 heterocycles. The van der Waals surface area contributed by atoms with Crippen LogP contribution in [-0.2, 0) is 6.54 Å². The topological polar surface area (TPSA) is 54.0 Å². The van der Waals surface area contributed by atoms with Gasteiger partial charge in [0.25, 0.3) is 0 Å². The Labute approximate surface area is 154 Å². The molecule has 3 aromatic rings. The summed E-state index contributed by atoms with van der Waals surface area (Å²) in [6, 6.07) is 14.3. The van der Waals surface area contributed by atoms with Gasteiger partial charge in [-0.3, -0.25) is 15.0 Å². The minimum Gasteiger partial charge on any atom is -0.497 e. The number of hydrogen-bond acceptors (Lipinski definition) is 4. The highest BCUT2D eigenvalue weighted by Gasteiger charge is 2.24. The average molecular weight is 348 g/mol. The summed E-state index contributed by atoms with van der Waals surface area (Å²) in [7, 11) is 1.70. The maximum atomic E-state index is 5.37. The van der Waals surface area contributed by atoms with Crippen molar-refractivity contribution in [2.75, 3.05) is 20.2 Å². The van der Waals surface area contributed by atoms with E-state index in [-0.39, 0.29) is 0 Å². The zero-order valence-corrected chi connectivity index (χ0v) is 15.1. The molecule has 4 rings (SSSR count). The van der Waals surface area contributed by atoms with E-state index in [1.807, 2.05) is 30.6 Å². The van der Waals surface area contributed by atoms with Crippen molar-refractivity contribution in [3.8, 4) is 16.9 Å². The third-order valence-corrected chi connectivity index (χ3v) is 5.16. The van der Waals surface area contributed by atoms with Gasteiger partial charge in [0.05, 0.1) is 19.0 Å². The Kier molecular flexibility index (Phi) is 4.97. The van der Waals surface area contributed by atoms with Crippen LogP contribution in [0.25, 0.3) is 11.1 Å². The Morgan fingerprint density at radius 3 is 2.81 bits per heavy atom. The van der Waals surface area contributed by atoms with Gasteiger partial charge < -0.3 is 4.74 Å². The van der Waals surface area contributed by atoms with Crippen LogP contribution in [0.15, 0.2) is 54.9 Å². The molecule has 0 atom stereocenters. The van der Waals surface area contributed by atoms with Crippen LogP contribution >= 0.6 is 0 Å². The summed E-state index contributed by atoms with van der Waals surface area (Å²) >= 11 is 0. The van der Waals surface area contributed by atoms with Crippen molar-refractivity contribution < 1.29 is 4.74 Å². The average Bonchev–Trinajstić information content (AvgIpc) is 3.19. The fourth-order valence-electron chi connectivity index (χ4n) is 3.73. The number of methoxy groups -OCH3 is 1. The van der Waals surface area contributed by atoms with Crippen LogP contribution in [0.1, 0.15) is 30.1 Å². The number of ether oxygens (including phenoxy) is 1. The van der Waals surface area contributed by atoms with E-state index < -0.39 is 0 Å². The molecule has 0 radical (unpaired) electrons. The second-order valence-electron chi connectivity index (χ2n) is 6.80. The van der Waals surface area contributed by atoms with Crippen molar-refractivity contribution in [1.82, 2.24) is 20.1 Å². The quantitative estimate of drug-likeness (QED) is 0.761. The number of aromatic nitrogens is 3. The Morgan fingerprint density at radius 2 is 2.04 bits per heavy atom. The number of nitrogens with one attached hydrogen (secondary N) is 1. The van der Waals surface area contributed by atoms with Gasteiger partial charge in [-0.2, -0.15) is 5.10 Å². The maximum absolute atomic E-state index is 5.37. The molecule has 0 amide bonds. The van der Waals surface area contributed by atoms with Gasteiger partial charge >= 0.3 is 0 Å². The number of H-pyrrole nitrogens is 1. The largest absolute Gasteiger partial charge is 0.497 e. The third kappa shape index (κ3) is 3.63. The molecule has 5 nitrogen and oxygen atoms in total. The van der Waals surface area contributed by atoms with Crippen LogP contribution < -0.4 is 4.74 Å². The van der Waals surface area contributed by atoms with E-state index in [0.717, 1.165) is 49.5 Å². The molecule has 1 aliphatic heterocycles. The Bertz CT molecular complexity index is 838. The Morgan fingerprint density at radius 1 is 1.15 bits per heavy atom. The first-order valence-electron chi connectivity index (χ1n) is 9.13. The number of rotatable bonds is 5. The number of pyridine rings is 1. The standard InChI is InChI=1S/C21H24N4O/c1-26-19-7-4-5-17(13-19)20-14-23-24-21(20)16-8-11-25(12-9-16)15-18-6-2-3-10-22-18/h2-7,10,13-14,16H,8-9,11-12,15H2,1H3,(H,23,24). The number of likely N-dealkylation sites (tertiary alicyclic amines) is 1. The molecule has 2 aromatic heterocycles. The van der Waals surface area contributed by atoms with Crippen LogP contribution in [0.5, 0.6) is 5.75 Å². The zero-order chi connectivity index (χ0) is 17.8. The van der Waals surface area contributed by atoms with Crippen molar-refractivity contribution >= 4 is 0 Å². The molecule has 0 saturated carbocycles. The molecule has 1 saturated heterocycles. The first kappa shape index (κ1) is 16.8. The molecule has 1 aliphatic rings. The molecule has 0 bridgehead atoms. The minimum atomic E-state index is 0.513. The summed E-state index contributed by atoms with van der Waals surface area (Å²) in [5, 5.41) is 7.58. The molecule has 134 valence electrons. The lowest BCUT2D eigenvalue weighted by molar-refractivity contribution is 0.201. The first-order valence-corrected chi connectivity index (χ1v) is 9.13. The summed E-state index contributed by atoms with van der Waals surface area (Å²) < 4.78 is 5.37. The van der Waals surface area contributed by atoms with E-state index in [0.29, 0.717) is 5.92 Å². The Balaban J connectivity index is 1.44. The van der Waals surface area contributed by atoms with Crippen molar-refractivity contribution in [2.45, 2.75) is 25.3 Å². The second-order valence-corrected chi connectivity index (χ2v) is 6.80. The molecule has 1 N–H and O–H groups in total. The highest BCUT2D eigenvalue weighted by atomic mass is 16.5. The van der Waals surface area contributed by atoms with Gasteiger partial charge in [-0.25, -0.2) is 0 Å². The molecule has 1 aromatic carbocycles. The molecule has 0 unspecified atom stereocenters. The zero-order valence-electron chi connectivity index (χ0n) is 15.1. The summed E-state index contributed by atoms with van der Waals surface area (Å²) in [5.41, 5.74) is 4.73. The van der Waals surface area contributed by atoms with E-state index in [4.69, 9.17) is 4.74 Å². The van der Waals surface area contributed by atoms with Gasteiger partial charge in [0, 0.05) is 29.9 Å². The highest BCUT2D eigenvalue weighted by Crippen LogP contribution is 2.35. The van der Waals surface area contributed by atoms with Crippen LogP contribution in [0.3, 0.4) is 0 Å². The van der Waals surface area contributed by atoms with Gasteiger partial charge in [-0.15, -0.1) is 0 Å². The number of nitrogens with zero attached hydrogens (tertiary/aromatic N) is 3. The van der Waals surface area contributed by atoms with Gasteiger partial charge in [-0.05, 0) is 55.8 Å². The summed E-state index contributed by atoms with van der Waals surface area (Å²) in [5.74, 6) is 1.39. The van der Waals surface area contributed by atoms with Crippen molar-refractivity contribution in [1.29, 1.82) is 0 Å². The SMILES string of the molecule is COc1cccc(-c2cn[nH]c2C2CCN(Cc3ccccn3)CC2)c1. The minimum absolute atomic E-state index is 0.513. The van der Waals surface area contributed by atoms with E-state index in [1.54, 1.807) is 7.11 Å². The molecular formula is C21H24N4O. The van der Waals surface area contributed by atoms with E-state index in [9.17, 15) is 0 Å². The van der Waals surface area contributed by atoms with Crippen molar-refractivity contribution in [3.05, 3.63) is 66.2 Å². The van der Waals surface area contributed by atoms with Crippen LogP contribution in [0.4, 0.5) is 0 Å².